The molecule has 5 N–H and O–H groups in total. The molecule has 11 heteroatoms. The third-order valence-corrected chi connectivity index (χ3v) is 10.9. The lowest BCUT2D eigenvalue weighted by Crippen LogP contribution is -2.19. The number of carbonyl (C=O) groups excluding carboxylic acids is 2. The van der Waals surface area contributed by atoms with Crippen LogP contribution in [-0.2, 0) is 28.9 Å². The molecule has 2 fully saturated rings. The molecule has 0 aliphatic heterocycles. The van der Waals surface area contributed by atoms with Crippen molar-refractivity contribution in [1.82, 2.24) is 9.97 Å². The van der Waals surface area contributed by atoms with Gasteiger partial charge < -0.3 is 25.7 Å². The number of carboxylic acid groups (broad SMARTS) is 2. The fraction of sp³-hybridized carbons (Fsp3) is 0.395. The number of aliphatic hydroxyl groups excluding tert-OH is 2. The number of aliphatic hydroxyl groups is 2. The quantitative estimate of drug-likeness (QED) is 0.0712. The number of nitrogens with one attached hydrogen (secondary N) is 1. The Hall–Kier alpha value is -5.26. The maximum absolute atomic E-state index is 13.6. The number of rotatable bonds is 18. The van der Waals surface area contributed by atoms with Gasteiger partial charge in [-0.3, -0.25) is 29.1 Å². The van der Waals surface area contributed by atoms with Crippen molar-refractivity contribution in [2.45, 2.75) is 83.5 Å². The summed E-state index contributed by atoms with van der Waals surface area (Å²) >= 11 is 0. The Morgan fingerprint density at radius 1 is 0.704 bits per heavy atom. The summed E-state index contributed by atoms with van der Waals surface area (Å²) in [4.78, 5) is 58.9. The van der Waals surface area contributed by atoms with Crippen LogP contribution in [0.15, 0.2) is 60.9 Å². The molecule has 1 amide bonds. The van der Waals surface area contributed by atoms with E-state index < -0.39 is 37.0 Å². The third-order valence-electron chi connectivity index (χ3n) is 10.9. The first kappa shape index (κ1) is 38.5. The van der Waals surface area contributed by atoms with Gasteiger partial charge in [0.15, 0.2) is 5.78 Å². The lowest BCUT2D eigenvalue weighted by molar-refractivity contribution is -0.144. The van der Waals surface area contributed by atoms with Crippen molar-refractivity contribution in [2.75, 3.05) is 18.5 Å². The minimum Gasteiger partial charge on any atom is -0.481 e. The lowest BCUT2D eigenvalue weighted by atomic mass is 9.90. The second kappa shape index (κ2) is 16.8. The van der Waals surface area contributed by atoms with Crippen LogP contribution in [-0.4, -0.2) is 67.2 Å². The molecule has 282 valence electrons. The fourth-order valence-electron chi connectivity index (χ4n) is 7.17. The molecule has 2 aromatic heterocycles. The molecule has 2 aliphatic rings. The molecule has 0 saturated heterocycles. The van der Waals surface area contributed by atoms with E-state index in [-0.39, 0.29) is 30.2 Å². The number of Topliss-reactive ketones (excluding diaryl/α,β-unsaturated/α-hetero) is 1. The van der Waals surface area contributed by atoms with Gasteiger partial charge in [0, 0.05) is 24.5 Å². The highest BCUT2D eigenvalue weighted by molar-refractivity contribution is 6.04. The molecule has 0 unspecified atom stereocenters. The molecule has 54 heavy (non-hydrogen) atoms. The van der Waals surface area contributed by atoms with Crippen molar-refractivity contribution in [1.29, 1.82) is 0 Å². The normalized spacial score (nSPS) is 15.0. The van der Waals surface area contributed by atoms with Gasteiger partial charge in [0.2, 0.25) is 0 Å². The molecular formula is C43H47N3O8. The van der Waals surface area contributed by atoms with Crippen LogP contribution < -0.4 is 5.32 Å². The Bertz CT molecular complexity index is 1920. The zero-order valence-electron chi connectivity index (χ0n) is 30.7. The van der Waals surface area contributed by atoms with Crippen molar-refractivity contribution >= 4 is 29.3 Å². The van der Waals surface area contributed by atoms with Gasteiger partial charge in [0.1, 0.15) is 11.4 Å². The second-order valence-corrected chi connectivity index (χ2v) is 14.7. The van der Waals surface area contributed by atoms with E-state index in [1.807, 2.05) is 62.4 Å². The number of nitrogens with zero attached hydrogens (tertiary/aromatic N) is 2. The van der Waals surface area contributed by atoms with Gasteiger partial charge in [0.25, 0.3) is 5.91 Å². The number of carbonyl (C=O) groups is 4. The van der Waals surface area contributed by atoms with E-state index in [1.54, 1.807) is 12.4 Å². The van der Waals surface area contributed by atoms with E-state index in [9.17, 15) is 39.6 Å². The predicted molar refractivity (Wildman–Crippen MR) is 203 cm³/mol. The maximum Gasteiger partial charge on any atom is 0.308 e. The maximum atomic E-state index is 13.6. The average Bonchev–Trinajstić information content (AvgIpc) is 4.09. The van der Waals surface area contributed by atoms with Crippen molar-refractivity contribution in [2.24, 2.45) is 11.8 Å². The minimum absolute atomic E-state index is 0.112. The van der Waals surface area contributed by atoms with E-state index in [0.717, 1.165) is 75.8 Å². The van der Waals surface area contributed by atoms with Crippen LogP contribution in [0.4, 0.5) is 5.69 Å². The van der Waals surface area contributed by atoms with Gasteiger partial charge in [-0.05, 0) is 145 Å². The van der Waals surface area contributed by atoms with Crippen LogP contribution in [0.25, 0.3) is 11.1 Å². The topological polar surface area (TPSA) is 187 Å². The van der Waals surface area contributed by atoms with E-state index in [4.69, 9.17) is 0 Å². The molecule has 6 rings (SSSR count). The van der Waals surface area contributed by atoms with Crippen LogP contribution in [0.1, 0.15) is 110 Å². The zero-order valence-corrected chi connectivity index (χ0v) is 30.7. The highest BCUT2D eigenvalue weighted by Gasteiger charge is 2.30. The van der Waals surface area contributed by atoms with Crippen molar-refractivity contribution < 1.29 is 39.6 Å². The van der Waals surface area contributed by atoms with E-state index >= 15 is 0 Å². The van der Waals surface area contributed by atoms with E-state index in [2.05, 4.69) is 15.3 Å². The first-order chi connectivity index (χ1) is 26.0. The molecule has 2 atom stereocenters. The van der Waals surface area contributed by atoms with Gasteiger partial charge in [-0.15, -0.1) is 0 Å². The van der Waals surface area contributed by atoms with Crippen molar-refractivity contribution in [3.63, 3.8) is 0 Å². The number of aliphatic carboxylic acids is 2. The second-order valence-electron chi connectivity index (χ2n) is 14.7. The number of benzene rings is 2. The van der Waals surface area contributed by atoms with Gasteiger partial charge in [0.05, 0.1) is 25.0 Å². The summed E-state index contributed by atoms with van der Waals surface area (Å²) in [7, 11) is 0. The lowest BCUT2D eigenvalue weighted by Gasteiger charge is -2.17. The molecular weight excluding hydrogens is 686 g/mol. The van der Waals surface area contributed by atoms with Crippen LogP contribution in [0.5, 0.6) is 0 Å². The number of pyridine rings is 2. The summed E-state index contributed by atoms with van der Waals surface area (Å²) in [5.41, 5.74) is 9.69. The summed E-state index contributed by atoms with van der Waals surface area (Å²) in [6.45, 7) is 3.08. The molecule has 0 radical (unpaired) electrons. The van der Waals surface area contributed by atoms with Crippen LogP contribution in [0.3, 0.4) is 0 Å². The first-order valence-electron chi connectivity index (χ1n) is 18.7. The van der Waals surface area contributed by atoms with Gasteiger partial charge in [-0.25, -0.2) is 0 Å². The third kappa shape index (κ3) is 8.91. The molecule has 2 saturated carbocycles. The summed E-state index contributed by atoms with van der Waals surface area (Å²) in [5, 5.41) is 40.6. The summed E-state index contributed by atoms with van der Waals surface area (Å²) in [6.07, 6.45) is 9.03. The Morgan fingerprint density at radius 3 is 1.72 bits per heavy atom. The number of anilines is 1. The Kier molecular flexibility index (Phi) is 12.0. The standard InChI is InChI=1S/C43H47N3O8/c1-24-28(17-40(49)38-18-35(26-9-10-26)29(20-44-38)13-15-31(22-47)42(51)52)5-3-6-33(24)34-7-4-8-37(25(34)2)46-41(50)39-19-36(27-11-12-27)30(21-45-39)14-16-32(23-48)43(53)54/h3-8,18-21,26-27,31-32,47-48H,9-17,22-23H2,1-2H3,(H,46,50)(H,51,52)(H,53,54)/t31-,32+/m1/s1. The van der Waals surface area contributed by atoms with E-state index in [1.165, 1.54) is 0 Å². The van der Waals surface area contributed by atoms with Crippen LogP contribution in [0, 0.1) is 25.7 Å². The molecule has 0 spiro atoms. The number of aryl methyl sites for hydroxylation is 2. The molecule has 0 bridgehead atoms. The summed E-state index contributed by atoms with van der Waals surface area (Å²) in [6, 6.07) is 15.2. The van der Waals surface area contributed by atoms with Crippen molar-refractivity contribution in [3.05, 3.63) is 111 Å². The predicted octanol–water partition coefficient (Wildman–Crippen LogP) is 6.44. The number of hydrogen-bond acceptors (Lipinski definition) is 8. The molecule has 11 nitrogen and oxygen atoms in total. The monoisotopic (exact) mass is 733 g/mol. The molecule has 2 aromatic carbocycles. The Labute approximate surface area is 314 Å². The number of ketones is 1. The largest absolute Gasteiger partial charge is 0.481 e. The molecule has 4 aromatic rings. The zero-order chi connectivity index (χ0) is 38.5. The minimum atomic E-state index is -1.03. The van der Waals surface area contributed by atoms with Gasteiger partial charge in [-0.1, -0.05) is 30.3 Å². The molecule has 2 heterocycles. The average molecular weight is 734 g/mol. The van der Waals surface area contributed by atoms with Gasteiger partial charge >= 0.3 is 11.9 Å². The summed E-state index contributed by atoms with van der Waals surface area (Å²) in [5.74, 6) is -3.56. The van der Waals surface area contributed by atoms with Crippen LogP contribution >= 0.6 is 0 Å². The molecule has 2 aliphatic carbocycles. The SMILES string of the molecule is Cc1c(CC(=O)c2cc(C3CC3)c(CC[C@H](CO)C(=O)O)cn2)cccc1-c1cccc(NC(=O)c2cc(C3CC3)c(CC[C@@H](CO)C(=O)O)cn2)c1C. The number of amides is 1. The number of aromatic nitrogens is 2. The van der Waals surface area contributed by atoms with Crippen molar-refractivity contribution in [3.8, 4) is 11.1 Å². The number of hydrogen-bond donors (Lipinski definition) is 5. The van der Waals surface area contributed by atoms with E-state index in [0.29, 0.717) is 42.5 Å². The number of carboxylic acids is 2. The van der Waals surface area contributed by atoms with Gasteiger partial charge in [-0.2, -0.15) is 0 Å². The Balaban J connectivity index is 1.17. The fourth-order valence-corrected chi connectivity index (χ4v) is 7.17. The smallest absolute Gasteiger partial charge is 0.308 e. The first-order valence-corrected chi connectivity index (χ1v) is 18.7. The highest BCUT2D eigenvalue weighted by Crippen LogP contribution is 2.43. The Morgan fingerprint density at radius 2 is 1.20 bits per heavy atom. The summed E-state index contributed by atoms with van der Waals surface area (Å²) < 4.78 is 0. The van der Waals surface area contributed by atoms with Crippen LogP contribution in [0.2, 0.25) is 0 Å². The highest BCUT2D eigenvalue weighted by atomic mass is 16.4.